The molecule has 58 heavy (non-hydrogen) atoms. The zero-order chi connectivity index (χ0) is 38.1. The Morgan fingerprint density at radius 1 is 0.603 bits per heavy atom. The molecule has 3 nitrogen and oxygen atoms in total. The minimum atomic E-state index is 0.0624. The molecule has 5 heterocycles. The predicted octanol–water partition coefficient (Wildman–Crippen LogP) is 9.95. The van der Waals surface area contributed by atoms with Gasteiger partial charge in [0.15, 0.2) is 0 Å². The summed E-state index contributed by atoms with van der Waals surface area (Å²) in [4.78, 5) is 10.3. The van der Waals surface area contributed by atoms with Crippen LogP contribution in [-0.4, -0.2) is 21.2 Å². The Hall–Kier alpha value is -7.04. The highest BCUT2D eigenvalue weighted by Gasteiger charge is 2.45. The van der Waals surface area contributed by atoms with Crippen molar-refractivity contribution in [3.05, 3.63) is 232 Å². The molecule has 2 aliphatic heterocycles. The first-order chi connectivity index (χ1) is 28.7. The third kappa shape index (κ3) is 4.24. The molecule has 0 spiro atoms. The van der Waals surface area contributed by atoms with E-state index in [4.69, 9.17) is 9.97 Å². The molecule has 2 atom stereocenters. The number of pyridine rings is 2. The molecule has 6 aromatic carbocycles. The zero-order valence-electron chi connectivity index (χ0n) is 32.0. The van der Waals surface area contributed by atoms with Crippen molar-refractivity contribution in [3.63, 3.8) is 0 Å². The number of benzene rings is 6. The molecule has 13 rings (SSSR count). The number of hydrogen-bond acceptors (Lipinski definition) is 2. The molecule has 4 aliphatic rings. The maximum absolute atomic E-state index is 5.34. The number of hydrogen-bond donors (Lipinski definition) is 0. The summed E-state index contributed by atoms with van der Waals surface area (Å²) in [6.07, 6.45) is 4.79. The molecule has 4 heteroatoms. The second-order valence-electron chi connectivity index (χ2n) is 16.4. The highest BCUT2D eigenvalue weighted by Crippen LogP contribution is 2.54. The monoisotopic (exact) mass is 737 g/mol. The second-order valence-corrected chi connectivity index (χ2v) is 16.4. The summed E-state index contributed by atoms with van der Waals surface area (Å²) in [7, 11) is 0. The summed E-state index contributed by atoms with van der Waals surface area (Å²) < 4.78 is 2.66. The minimum absolute atomic E-state index is 0.0624. The van der Waals surface area contributed by atoms with Gasteiger partial charge in [0.05, 0.1) is 17.3 Å². The summed E-state index contributed by atoms with van der Waals surface area (Å²) in [5.74, 6) is 0.303. The van der Waals surface area contributed by atoms with Crippen molar-refractivity contribution in [1.82, 2.24) is 14.5 Å². The lowest BCUT2D eigenvalue weighted by Crippen LogP contribution is -2.60. The van der Waals surface area contributed by atoms with Gasteiger partial charge in [0, 0.05) is 57.3 Å². The Bertz CT molecular complexity index is 3220. The van der Waals surface area contributed by atoms with Gasteiger partial charge >= 0.3 is 0 Å². The van der Waals surface area contributed by atoms with Gasteiger partial charge in [-0.05, 0) is 99.1 Å². The van der Waals surface area contributed by atoms with Gasteiger partial charge in [0.1, 0.15) is 0 Å². The van der Waals surface area contributed by atoms with Crippen molar-refractivity contribution in [2.75, 3.05) is 0 Å². The number of allylic oxidation sites excluding steroid dienone is 1. The van der Waals surface area contributed by atoms with Crippen molar-refractivity contribution in [2.45, 2.75) is 25.2 Å². The Labute approximate surface area is 338 Å². The van der Waals surface area contributed by atoms with E-state index in [1.807, 2.05) is 12.3 Å². The lowest BCUT2D eigenvalue weighted by molar-refractivity contribution is 0.903. The van der Waals surface area contributed by atoms with Crippen LogP contribution in [0.4, 0.5) is 0 Å². The maximum atomic E-state index is 5.34. The average molecular weight is 738 g/mol. The summed E-state index contributed by atoms with van der Waals surface area (Å²) in [6.45, 7) is 2.39. The van der Waals surface area contributed by atoms with Gasteiger partial charge in [-0.25, -0.2) is 0 Å². The fraction of sp³-hybridized carbons (Fsp3) is 0.0741. The molecule has 9 aromatic rings. The molecule has 0 saturated carbocycles. The Morgan fingerprint density at radius 3 is 2.09 bits per heavy atom. The third-order valence-electron chi connectivity index (χ3n) is 13.6. The highest BCUT2D eigenvalue weighted by atomic mass is 15.0. The van der Waals surface area contributed by atoms with Gasteiger partial charge in [-0.3, -0.25) is 9.97 Å². The fourth-order valence-electron chi connectivity index (χ4n) is 11.4. The zero-order valence-corrected chi connectivity index (χ0v) is 32.0. The minimum Gasteiger partial charge on any atom is -0.313 e. The van der Waals surface area contributed by atoms with Crippen LogP contribution in [0.5, 0.6) is 0 Å². The lowest BCUT2D eigenvalue weighted by Gasteiger charge is -2.36. The van der Waals surface area contributed by atoms with E-state index in [9.17, 15) is 0 Å². The molecule has 2 aliphatic carbocycles. The Kier molecular flexibility index (Phi) is 6.63. The van der Waals surface area contributed by atoms with Crippen LogP contribution in [0.1, 0.15) is 69.1 Å². The van der Waals surface area contributed by atoms with E-state index >= 15 is 0 Å². The maximum Gasteiger partial charge on any atom is 0.247 e. The van der Waals surface area contributed by atoms with Gasteiger partial charge in [0.2, 0.25) is 6.71 Å². The molecule has 2 unspecified atom stereocenters. The van der Waals surface area contributed by atoms with E-state index in [1.54, 1.807) is 0 Å². The first kappa shape index (κ1) is 32.1. The Morgan fingerprint density at radius 2 is 1.31 bits per heavy atom. The second kappa shape index (κ2) is 12.0. The smallest absolute Gasteiger partial charge is 0.247 e. The van der Waals surface area contributed by atoms with Crippen molar-refractivity contribution in [1.29, 1.82) is 0 Å². The predicted molar refractivity (Wildman–Crippen MR) is 237 cm³/mol. The van der Waals surface area contributed by atoms with Gasteiger partial charge in [0.25, 0.3) is 0 Å². The molecule has 0 radical (unpaired) electrons. The molecule has 0 bridgehead atoms. The van der Waals surface area contributed by atoms with Crippen LogP contribution in [0, 0.1) is 0 Å². The summed E-state index contributed by atoms with van der Waals surface area (Å²) in [5, 5.41) is 1.32. The molecule has 0 fully saturated rings. The average Bonchev–Trinajstić information content (AvgIpc) is 3.91. The molecule has 0 saturated heterocycles. The number of nitrogens with zero attached hydrogens (tertiary/aromatic N) is 3. The van der Waals surface area contributed by atoms with Crippen molar-refractivity contribution in [3.8, 4) is 28.1 Å². The molecular formula is C54H36BN3. The van der Waals surface area contributed by atoms with Gasteiger partial charge in [-0.2, -0.15) is 0 Å². The summed E-state index contributed by atoms with van der Waals surface area (Å²) in [6, 6.07) is 60.7. The lowest BCUT2D eigenvalue weighted by atomic mass is 9.32. The first-order valence-electron chi connectivity index (χ1n) is 20.5. The highest BCUT2D eigenvalue weighted by molar-refractivity contribution is 6.98. The number of fused-ring (bicyclic) bond motifs is 10. The molecule has 0 N–H and O–H groups in total. The topological polar surface area (TPSA) is 30.7 Å². The first-order valence-corrected chi connectivity index (χ1v) is 20.5. The summed E-state index contributed by atoms with van der Waals surface area (Å²) >= 11 is 0. The van der Waals surface area contributed by atoms with Crippen molar-refractivity contribution >= 4 is 39.6 Å². The van der Waals surface area contributed by atoms with Crippen molar-refractivity contribution < 1.29 is 0 Å². The van der Waals surface area contributed by atoms with E-state index in [0.29, 0.717) is 0 Å². The van der Waals surface area contributed by atoms with Crippen LogP contribution < -0.4 is 16.4 Å². The number of para-hydroxylation sites is 1. The van der Waals surface area contributed by atoms with Gasteiger partial charge in [-0.1, -0.05) is 144 Å². The van der Waals surface area contributed by atoms with E-state index in [-0.39, 0.29) is 18.5 Å². The van der Waals surface area contributed by atoms with Crippen molar-refractivity contribution in [2.24, 2.45) is 0 Å². The quantitative estimate of drug-likeness (QED) is 0.169. The normalized spacial score (nSPS) is 16.5. The van der Waals surface area contributed by atoms with Crippen LogP contribution in [-0.2, 0) is 6.42 Å². The van der Waals surface area contributed by atoms with E-state index in [0.717, 1.165) is 23.4 Å². The molecule has 3 aromatic heterocycles. The fourth-order valence-corrected chi connectivity index (χ4v) is 11.4. The van der Waals surface area contributed by atoms with Crippen LogP contribution in [0.2, 0.25) is 0 Å². The SMILES string of the molecule is CC1=C(c2nccc3c2Cc2cc(-c4ccccn4)cc4c2B3c2cccc3c5c(n-4c23)C(c2ccccc2)c2ccccc2-5)c2ccccc2C1c1ccccc1. The van der Waals surface area contributed by atoms with Crippen LogP contribution >= 0.6 is 0 Å². The van der Waals surface area contributed by atoms with Crippen LogP contribution in [0.15, 0.2) is 182 Å². The molecule has 270 valence electrons. The van der Waals surface area contributed by atoms with E-state index < -0.39 is 0 Å². The molecule has 0 amide bonds. The van der Waals surface area contributed by atoms with Crippen LogP contribution in [0.3, 0.4) is 0 Å². The van der Waals surface area contributed by atoms with Gasteiger partial charge in [-0.15, -0.1) is 0 Å². The van der Waals surface area contributed by atoms with E-state index in [2.05, 4.69) is 175 Å². The Balaban J connectivity index is 1.12. The third-order valence-corrected chi connectivity index (χ3v) is 13.6. The molecular weight excluding hydrogens is 701 g/mol. The summed E-state index contributed by atoms with van der Waals surface area (Å²) in [5.41, 5.74) is 26.1. The van der Waals surface area contributed by atoms with Crippen LogP contribution in [0.25, 0.3) is 44.5 Å². The largest absolute Gasteiger partial charge is 0.313 e. The standard InChI is InChI=1S/C54H36BN3/c1-32-47(33-15-4-2-5-16-33)37-19-8-9-20-38(37)48(32)52-42-30-36-29-35(45-25-12-13-27-56-45)31-46-51(36)55(43(42)26-28-57-52)44-24-14-23-41-50-40-22-11-10-21-39(40)49(34-17-6-3-7-18-34)54(50)58(46)53(41)44/h2-29,31,47,49H,30H2,1H3. The van der Waals surface area contributed by atoms with Gasteiger partial charge < -0.3 is 4.57 Å². The number of aromatic nitrogens is 3. The number of rotatable bonds is 4. The van der Waals surface area contributed by atoms with E-state index in [1.165, 1.54) is 99.9 Å².